The van der Waals surface area contributed by atoms with Crippen LogP contribution in [0.25, 0.3) is 11.0 Å². The summed E-state index contributed by atoms with van der Waals surface area (Å²) in [6.07, 6.45) is 5.81. The van der Waals surface area contributed by atoms with Crippen molar-refractivity contribution in [2.24, 2.45) is 0 Å². The summed E-state index contributed by atoms with van der Waals surface area (Å²) < 4.78 is 0. The Hall–Kier alpha value is -1.64. The number of para-hydroxylation sites is 2. The van der Waals surface area contributed by atoms with Crippen molar-refractivity contribution in [3.63, 3.8) is 0 Å². The van der Waals surface area contributed by atoms with Gasteiger partial charge in [-0.25, -0.2) is 4.98 Å². The molecular formula is C13H16N2O. The quantitative estimate of drug-likeness (QED) is 0.596. The summed E-state index contributed by atoms with van der Waals surface area (Å²) in [7, 11) is 0. The Labute approximate surface area is 94.9 Å². The fourth-order valence-electron chi connectivity index (χ4n) is 1.82. The molecule has 0 radical (unpaired) electrons. The molecule has 2 aromatic rings. The summed E-state index contributed by atoms with van der Waals surface area (Å²) in [6.45, 7) is 0. The number of imidazole rings is 1. The van der Waals surface area contributed by atoms with Crippen LogP contribution >= 0.6 is 0 Å². The monoisotopic (exact) mass is 216 g/mol. The molecule has 16 heavy (non-hydrogen) atoms. The Morgan fingerprint density at radius 3 is 2.88 bits per heavy atom. The van der Waals surface area contributed by atoms with E-state index in [1.165, 1.54) is 0 Å². The summed E-state index contributed by atoms with van der Waals surface area (Å²) >= 11 is 0. The van der Waals surface area contributed by atoms with E-state index in [1.807, 2.05) is 24.3 Å². The Kier molecular flexibility index (Phi) is 3.70. The van der Waals surface area contributed by atoms with Crippen LogP contribution < -0.4 is 0 Å². The van der Waals surface area contributed by atoms with E-state index < -0.39 is 0 Å². The Morgan fingerprint density at radius 2 is 2.06 bits per heavy atom. The van der Waals surface area contributed by atoms with E-state index in [4.69, 9.17) is 0 Å². The molecule has 0 spiro atoms. The lowest BCUT2D eigenvalue weighted by Gasteiger charge is -1.95. The van der Waals surface area contributed by atoms with Crippen LogP contribution in [0.1, 0.15) is 31.5 Å². The van der Waals surface area contributed by atoms with Crippen LogP contribution in [0, 0.1) is 0 Å². The zero-order valence-corrected chi connectivity index (χ0v) is 9.28. The second kappa shape index (κ2) is 5.45. The third-order valence-electron chi connectivity index (χ3n) is 2.67. The second-order valence-corrected chi connectivity index (χ2v) is 3.97. The molecule has 0 atom stereocenters. The van der Waals surface area contributed by atoms with Gasteiger partial charge in [-0.1, -0.05) is 18.6 Å². The molecule has 1 N–H and O–H groups in total. The number of carbonyl (C=O) groups excluding carboxylic acids is 1. The number of aryl methyl sites for hydroxylation is 1. The molecule has 0 saturated heterocycles. The molecule has 1 heterocycles. The average molecular weight is 216 g/mol. The van der Waals surface area contributed by atoms with E-state index in [2.05, 4.69) is 9.97 Å². The van der Waals surface area contributed by atoms with Crippen molar-refractivity contribution in [1.82, 2.24) is 9.97 Å². The zero-order valence-electron chi connectivity index (χ0n) is 9.28. The van der Waals surface area contributed by atoms with Gasteiger partial charge in [0, 0.05) is 12.8 Å². The van der Waals surface area contributed by atoms with Gasteiger partial charge in [-0.15, -0.1) is 0 Å². The number of benzene rings is 1. The number of nitrogens with zero attached hydrogens (tertiary/aromatic N) is 1. The number of rotatable bonds is 6. The summed E-state index contributed by atoms with van der Waals surface area (Å²) in [5, 5.41) is 0. The van der Waals surface area contributed by atoms with Crippen LogP contribution in [0.3, 0.4) is 0 Å². The van der Waals surface area contributed by atoms with Crippen molar-refractivity contribution in [3.8, 4) is 0 Å². The van der Waals surface area contributed by atoms with Crippen molar-refractivity contribution < 1.29 is 4.79 Å². The van der Waals surface area contributed by atoms with Gasteiger partial charge in [-0.2, -0.15) is 0 Å². The maximum Gasteiger partial charge on any atom is 0.119 e. The molecule has 3 heteroatoms. The van der Waals surface area contributed by atoms with Crippen molar-refractivity contribution in [3.05, 3.63) is 30.1 Å². The van der Waals surface area contributed by atoms with Crippen LogP contribution in [0.2, 0.25) is 0 Å². The number of nitrogens with one attached hydrogen (secondary N) is 1. The lowest BCUT2D eigenvalue weighted by atomic mass is 10.1. The first-order valence-electron chi connectivity index (χ1n) is 5.77. The van der Waals surface area contributed by atoms with Crippen LogP contribution in [0.5, 0.6) is 0 Å². The number of carbonyl (C=O) groups is 1. The predicted molar refractivity (Wildman–Crippen MR) is 64.3 cm³/mol. The van der Waals surface area contributed by atoms with E-state index >= 15 is 0 Å². The first kappa shape index (κ1) is 10.9. The molecule has 0 amide bonds. The first-order chi connectivity index (χ1) is 7.90. The number of hydrogen-bond donors (Lipinski definition) is 1. The minimum atomic E-state index is 0.681. The van der Waals surface area contributed by atoms with Gasteiger partial charge in [-0.05, 0) is 25.0 Å². The second-order valence-electron chi connectivity index (χ2n) is 3.97. The molecule has 0 unspecified atom stereocenters. The van der Waals surface area contributed by atoms with Gasteiger partial charge in [0.1, 0.15) is 12.1 Å². The molecule has 0 bridgehead atoms. The highest BCUT2D eigenvalue weighted by molar-refractivity contribution is 5.74. The number of aromatic nitrogens is 2. The lowest BCUT2D eigenvalue weighted by molar-refractivity contribution is -0.107. The fourth-order valence-corrected chi connectivity index (χ4v) is 1.82. The molecule has 1 aromatic carbocycles. The van der Waals surface area contributed by atoms with E-state index in [0.717, 1.165) is 48.8 Å². The molecule has 84 valence electrons. The lowest BCUT2D eigenvalue weighted by Crippen LogP contribution is -1.88. The Bertz CT molecular complexity index is 429. The van der Waals surface area contributed by atoms with E-state index in [-0.39, 0.29) is 0 Å². The van der Waals surface area contributed by atoms with Crippen molar-refractivity contribution in [1.29, 1.82) is 0 Å². The van der Waals surface area contributed by atoms with Crippen LogP contribution in [0.4, 0.5) is 0 Å². The highest BCUT2D eigenvalue weighted by Gasteiger charge is 2.00. The summed E-state index contributed by atoms with van der Waals surface area (Å²) in [6, 6.07) is 8.06. The third-order valence-corrected chi connectivity index (χ3v) is 2.67. The highest BCUT2D eigenvalue weighted by atomic mass is 16.1. The van der Waals surface area contributed by atoms with Gasteiger partial charge >= 0.3 is 0 Å². The van der Waals surface area contributed by atoms with E-state index in [1.54, 1.807) is 0 Å². The van der Waals surface area contributed by atoms with Crippen molar-refractivity contribution in [2.75, 3.05) is 0 Å². The molecule has 0 saturated carbocycles. The number of aldehydes is 1. The van der Waals surface area contributed by atoms with Crippen molar-refractivity contribution in [2.45, 2.75) is 32.1 Å². The summed E-state index contributed by atoms with van der Waals surface area (Å²) in [5.74, 6) is 1.05. The number of H-pyrrole nitrogens is 1. The molecule has 0 aliphatic rings. The summed E-state index contributed by atoms with van der Waals surface area (Å²) in [4.78, 5) is 17.9. The maximum atomic E-state index is 10.1. The van der Waals surface area contributed by atoms with Gasteiger partial charge in [0.15, 0.2) is 0 Å². The molecule has 3 nitrogen and oxygen atoms in total. The van der Waals surface area contributed by atoms with Gasteiger partial charge in [-0.3, -0.25) is 0 Å². The van der Waals surface area contributed by atoms with Gasteiger partial charge in [0.25, 0.3) is 0 Å². The van der Waals surface area contributed by atoms with Crippen LogP contribution in [0.15, 0.2) is 24.3 Å². The average Bonchev–Trinajstić information content (AvgIpc) is 2.71. The zero-order chi connectivity index (χ0) is 11.2. The van der Waals surface area contributed by atoms with Crippen LogP contribution in [-0.4, -0.2) is 16.3 Å². The molecule has 0 aliphatic carbocycles. The number of aromatic amines is 1. The highest BCUT2D eigenvalue weighted by Crippen LogP contribution is 2.12. The minimum Gasteiger partial charge on any atom is -0.342 e. The molecular weight excluding hydrogens is 200 g/mol. The molecule has 0 aliphatic heterocycles. The molecule has 2 rings (SSSR count). The topological polar surface area (TPSA) is 45.8 Å². The normalized spacial score (nSPS) is 10.8. The van der Waals surface area contributed by atoms with E-state index in [9.17, 15) is 4.79 Å². The molecule has 1 aromatic heterocycles. The SMILES string of the molecule is O=CCCCCCc1nc2ccccc2[nH]1. The predicted octanol–water partition coefficient (Wildman–Crippen LogP) is 2.86. The number of unbranched alkanes of at least 4 members (excludes halogenated alkanes) is 3. The Balaban J connectivity index is 1.87. The standard InChI is InChI=1S/C13H16N2O/c16-10-6-2-1-3-9-13-14-11-7-4-5-8-12(11)15-13/h4-5,7-8,10H,1-3,6,9H2,(H,14,15). The number of hydrogen-bond acceptors (Lipinski definition) is 2. The number of fused-ring (bicyclic) bond motifs is 1. The van der Waals surface area contributed by atoms with Crippen molar-refractivity contribution >= 4 is 17.3 Å². The van der Waals surface area contributed by atoms with Crippen LogP contribution in [-0.2, 0) is 11.2 Å². The van der Waals surface area contributed by atoms with Gasteiger partial charge in [0.2, 0.25) is 0 Å². The minimum absolute atomic E-state index is 0.681. The largest absolute Gasteiger partial charge is 0.342 e. The Morgan fingerprint density at radius 1 is 1.19 bits per heavy atom. The first-order valence-corrected chi connectivity index (χ1v) is 5.77. The van der Waals surface area contributed by atoms with Gasteiger partial charge < -0.3 is 9.78 Å². The molecule has 0 fully saturated rings. The van der Waals surface area contributed by atoms with Gasteiger partial charge in [0.05, 0.1) is 11.0 Å². The fraction of sp³-hybridized carbons (Fsp3) is 0.385. The van der Waals surface area contributed by atoms with E-state index in [0.29, 0.717) is 6.42 Å². The third kappa shape index (κ3) is 2.69. The maximum absolute atomic E-state index is 10.1. The summed E-state index contributed by atoms with van der Waals surface area (Å²) in [5.41, 5.74) is 2.13. The smallest absolute Gasteiger partial charge is 0.119 e.